The van der Waals surface area contributed by atoms with Crippen molar-refractivity contribution in [2.45, 2.75) is 31.5 Å². The van der Waals surface area contributed by atoms with E-state index in [1.54, 1.807) is 4.90 Å². The zero-order chi connectivity index (χ0) is 17.9. The molecule has 0 bridgehead atoms. The number of amides is 1. The molecule has 4 rings (SSSR count). The number of carbonyl (C=O) groups excluding carboxylic acids is 1. The average Bonchev–Trinajstić information content (AvgIpc) is 3.41. The molecule has 7 heteroatoms. The van der Waals surface area contributed by atoms with Crippen molar-refractivity contribution in [3.05, 3.63) is 35.6 Å². The lowest BCUT2D eigenvalue weighted by Gasteiger charge is -2.29. The van der Waals surface area contributed by atoms with Gasteiger partial charge in [0.05, 0.1) is 6.61 Å². The average molecular weight is 361 g/mol. The number of ether oxygens (including phenoxy) is 4. The normalized spacial score (nSPS) is 23.4. The van der Waals surface area contributed by atoms with E-state index in [0.29, 0.717) is 25.2 Å². The first kappa shape index (κ1) is 17.2. The quantitative estimate of drug-likeness (QED) is 0.589. The number of hydrogen-bond donors (Lipinski definition) is 1. The molecule has 1 aromatic carbocycles. The predicted octanol–water partition coefficient (Wildman–Crippen LogP) is 1.76. The van der Waals surface area contributed by atoms with Gasteiger partial charge >= 0.3 is 0 Å². The summed E-state index contributed by atoms with van der Waals surface area (Å²) in [6, 6.07) is 5.84. The Balaban J connectivity index is 1.51. The highest BCUT2D eigenvalue weighted by Crippen LogP contribution is 2.38. The third kappa shape index (κ3) is 3.78. The molecule has 0 aliphatic carbocycles. The Kier molecular flexibility index (Phi) is 4.99. The van der Waals surface area contributed by atoms with Crippen molar-refractivity contribution in [3.63, 3.8) is 0 Å². The monoisotopic (exact) mass is 361 g/mol. The van der Waals surface area contributed by atoms with E-state index in [-0.39, 0.29) is 25.2 Å². The first-order valence-electron chi connectivity index (χ1n) is 9.04. The molecule has 0 spiro atoms. The minimum atomic E-state index is -0.479. The molecule has 26 heavy (non-hydrogen) atoms. The Morgan fingerprint density at radius 2 is 2.08 bits per heavy atom. The molecule has 1 amide bonds. The maximum atomic E-state index is 12.4. The van der Waals surface area contributed by atoms with Gasteiger partial charge in [0, 0.05) is 32.0 Å². The first-order chi connectivity index (χ1) is 12.7. The van der Waals surface area contributed by atoms with Gasteiger partial charge in [-0.25, -0.2) is 0 Å². The number of hydrogen-bond acceptors (Lipinski definition) is 6. The van der Waals surface area contributed by atoms with Gasteiger partial charge in [-0.3, -0.25) is 4.79 Å². The number of rotatable bonds is 7. The van der Waals surface area contributed by atoms with Gasteiger partial charge in [0.2, 0.25) is 13.1 Å². The summed E-state index contributed by atoms with van der Waals surface area (Å²) >= 11 is 0. The highest BCUT2D eigenvalue weighted by atomic mass is 16.7. The lowest BCUT2D eigenvalue weighted by Crippen LogP contribution is -2.29. The van der Waals surface area contributed by atoms with Gasteiger partial charge < -0.3 is 29.0 Å². The van der Waals surface area contributed by atoms with Gasteiger partial charge in [-0.1, -0.05) is 6.07 Å². The van der Waals surface area contributed by atoms with E-state index in [1.807, 2.05) is 24.3 Å². The highest BCUT2D eigenvalue weighted by Gasteiger charge is 2.34. The molecule has 7 nitrogen and oxygen atoms in total. The third-order valence-electron chi connectivity index (χ3n) is 4.68. The van der Waals surface area contributed by atoms with Crippen LogP contribution in [0.15, 0.2) is 30.0 Å². The van der Waals surface area contributed by atoms with E-state index in [9.17, 15) is 4.79 Å². The minimum absolute atomic E-state index is 0.00000758. The molecular formula is C19H23NO6. The van der Waals surface area contributed by atoms with Gasteiger partial charge in [0.1, 0.15) is 0 Å². The summed E-state index contributed by atoms with van der Waals surface area (Å²) in [7, 11) is 0. The molecule has 1 N–H and O–H groups in total. The summed E-state index contributed by atoms with van der Waals surface area (Å²) in [5, 5.41) is 8.89. The lowest BCUT2D eigenvalue weighted by molar-refractivity contribution is -0.149. The van der Waals surface area contributed by atoms with Crippen molar-refractivity contribution in [3.8, 4) is 11.5 Å². The minimum Gasteiger partial charge on any atom is -0.459 e. The number of allylic oxidation sites excluding steroid dienone is 1. The molecule has 1 saturated heterocycles. The number of nitrogens with zero attached hydrogens (tertiary/aromatic N) is 1. The summed E-state index contributed by atoms with van der Waals surface area (Å²) in [6.45, 7) is 2.42. The molecule has 3 heterocycles. The molecule has 0 saturated carbocycles. The fourth-order valence-corrected chi connectivity index (χ4v) is 3.12. The second-order valence-corrected chi connectivity index (χ2v) is 6.63. The van der Waals surface area contributed by atoms with Crippen LogP contribution in [0.1, 0.15) is 30.7 Å². The lowest BCUT2D eigenvalue weighted by atomic mass is 9.92. The summed E-state index contributed by atoms with van der Waals surface area (Å²) in [5.74, 6) is 1.73. The van der Waals surface area contributed by atoms with Crippen molar-refractivity contribution < 1.29 is 28.8 Å². The van der Waals surface area contributed by atoms with Crippen LogP contribution >= 0.6 is 0 Å². The van der Waals surface area contributed by atoms with Crippen LogP contribution in [0.5, 0.6) is 11.5 Å². The van der Waals surface area contributed by atoms with Gasteiger partial charge in [0.25, 0.3) is 5.91 Å². The Hall–Kier alpha value is -2.25. The zero-order valence-corrected chi connectivity index (χ0v) is 14.6. The summed E-state index contributed by atoms with van der Waals surface area (Å²) < 4.78 is 22.4. The second kappa shape index (κ2) is 7.55. The molecule has 1 aromatic rings. The Morgan fingerprint density at radius 1 is 1.23 bits per heavy atom. The van der Waals surface area contributed by atoms with Crippen molar-refractivity contribution in [1.29, 1.82) is 0 Å². The van der Waals surface area contributed by atoms with Crippen molar-refractivity contribution in [1.82, 2.24) is 4.90 Å². The van der Waals surface area contributed by atoms with E-state index >= 15 is 0 Å². The molecule has 0 aromatic heterocycles. The van der Waals surface area contributed by atoms with Crippen LogP contribution in [0, 0.1) is 0 Å². The third-order valence-corrected chi connectivity index (χ3v) is 4.68. The Labute approximate surface area is 152 Å². The molecule has 140 valence electrons. The van der Waals surface area contributed by atoms with Crippen molar-refractivity contribution in [2.75, 3.05) is 33.1 Å². The van der Waals surface area contributed by atoms with Crippen LogP contribution in [-0.4, -0.2) is 55.3 Å². The van der Waals surface area contributed by atoms with Gasteiger partial charge in [-0.15, -0.1) is 0 Å². The highest BCUT2D eigenvalue weighted by molar-refractivity contribution is 5.93. The number of aliphatic hydroxyl groups is 1. The van der Waals surface area contributed by atoms with E-state index in [1.165, 1.54) is 0 Å². The standard InChI is InChI=1S/C19H23NO6/c21-7-1-2-8-23-18-11-14(10-17(26-18)19(22)20-5-6-20)13-3-4-15-16(9-13)25-12-24-15/h3-4,9-10,14,18,21H,1-2,5-8,11-12H2/t14-,18+/m1/s1. The van der Waals surface area contributed by atoms with Crippen LogP contribution < -0.4 is 9.47 Å². The fraction of sp³-hybridized carbons (Fsp3) is 0.526. The Morgan fingerprint density at radius 3 is 2.88 bits per heavy atom. The van der Waals surface area contributed by atoms with Crippen LogP contribution in [0.25, 0.3) is 0 Å². The predicted molar refractivity (Wildman–Crippen MR) is 91.7 cm³/mol. The number of benzene rings is 1. The van der Waals surface area contributed by atoms with Crippen molar-refractivity contribution in [2.24, 2.45) is 0 Å². The van der Waals surface area contributed by atoms with Crippen LogP contribution in [0.2, 0.25) is 0 Å². The van der Waals surface area contributed by atoms with E-state index in [2.05, 4.69) is 0 Å². The van der Waals surface area contributed by atoms with Crippen LogP contribution in [-0.2, 0) is 14.3 Å². The van der Waals surface area contributed by atoms with E-state index in [0.717, 1.165) is 36.6 Å². The SMILES string of the molecule is O=C(C1=C[C@@H](c2ccc3c(c2)OCO3)C[C@@H](OCCCCO)O1)N1CC1. The second-order valence-electron chi connectivity index (χ2n) is 6.63. The van der Waals surface area contributed by atoms with Crippen molar-refractivity contribution >= 4 is 5.91 Å². The molecule has 1 fully saturated rings. The maximum absolute atomic E-state index is 12.4. The van der Waals surface area contributed by atoms with Gasteiger partial charge in [-0.05, 0) is 36.6 Å². The zero-order valence-electron chi connectivity index (χ0n) is 14.6. The largest absolute Gasteiger partial charge is 0.459 e. The molecule has 0 radical (unpaired) electrons. The van der Waals surface area contributed by atoms with E-state index in [4.69, 9.17) is 24.1 Å². The number of unbranched alkanes of at least 4 members (excludes halogenated alkanes) is 1. The summed E-state index contributed by atoms with van der Waals surface area (Å²) in [5.41, 5.74) is 1.04. The smallest absolute Gasteiger partial charge is 0.288 e. The van der Waals surface area contributed by atoms with Gasteiger partial charge in [-0.2, -0.15) is 0 Å². The maximum Gasteiger partial charge on any atom is 0.288 e. The molecule has 2 atom stereocenters. The molecule has 3 aliphatic rings. The topological polar surface area (TPSA) is 77.2 Å². The Bertz CT molecular complexity index is 699. The molecule has 0 unspecified atom stereocenters. The summed E-state index contributed by atoms with van der Waals surface area (Å²) in [4.78, 5) is 14.2. The summed E-state index contributed by atoms with van der Waals surface area (Å²) in [6.07, 6.45) is 3.46. The first-order valence-corrected chi connectivity index (χ1v) is 9.04. The number of aliphatic hydroxyl groups excluding tert-OH is 1. The molecule has 3 aliphatic heterocycles. The van der Waals surface area contributed by atoms with Gasteiger partial charge in [0.15, 0.2) is 17.3 Å². The number of carbonyl (C=O) groups is 1. The van der Waals surface area contributed by atoms with Crippen LogP contribution in [0.3, 0.4) is 0 Å². The number of fused-ring (bicyclic) bond motifs is 1. The molecular weight excluding hydrogens is 338 g/mol. The fourth-order valence-electron chi connectivity index (χ4n) is 3.12. The van der Waals surface area contributed by atoms with Crippen LogP contribution in [0.4, 0.5) is 0 Å². The van der Waals surface area contributed by atoms with E-state index < -0.39 is 6.29 Å².